The maximum Gasteiger partial charge on any atom is 0.249 e. The molecule has 0 aliphatic carbocycles. The second kappa shape index (κ2) is 4.75. The van der Waals surface area contributed by atoms with Crippen LogP contribution in [-0.4, -0.2) is 10.2 Å². The van der Waals surface area contributed by atoms with Gasteiger partial charge in [-0.25, -0.2) is 0 Å². The van der Waals surface area contributed by atoms with Crippen LogP contribution in [0.4, 0.5) is 0 Å². The van der Waals surface area contributed by atoms with Gasteiger partial charge in [-0.05, 0) is 24.3 Å². The quantitative estimate of drug-likeness (QED) is 0.697. The van der Waals surface area contributed by atoms with E-state index in [1.807, 2.05) is 36.4 Å². The van der Waals surface area contributed by atoms with Gasteiger partial charge in [-0.1, -0.05) is 30.3 Å². The standard InChI is InChI=1S/C15H9N3O/c16-10-12-8-4-5-9-13(12)15-18-17-14(19-15)11-6-2-1-3-7-11/h1-9H. The van der Waals surface area contributed by atoms with E-state index in [0.29, 0.717) is 22.9 Å². The number of nitrogens with zero attached hydrogens (tertiary/aromatic N) is 3. The highest BCUT2D eigenvalue weighted by Gasteiger charge is 2.12. The summed E-state index contributed by atoms with van der Waals surface area (Å²) < 4.78 is 5.62. The lowest BCUT2D eigenvalue weighted by Gasteiger charge is -1.96. The van der Waals surface area contributed by atoms with Gasteiger partial charge in [0.1, 0.15) is 0 Å². The third-order valence-electron chi connectivity index (χ3n) is 2.72. The minimum absolute atomic E-state index is 0.357. The van der Waals surface area contributed by atoms with Gasteiger partial charge in [-0.2, -0.15) is 5.26 Å². The largest absolute Gasteiger partial charge is 0.416 e. The predicted octanol–water partition coefficient (Wildman–Crippen LogP) is 3.28. The van der Waals surface area contributed by atoms with Crippen molar-refractivity contribution in [2.24, 2.45) is 0 Å². The summed E-state index contributed by atoms with van der Waals surface area (Å²) in [6.07, 6.45) is 0. The van der Waals surface area contributed by atoms with Crippen molar-refractivity contribution in [2.75, 3.05) is 0 Å². The molecule has 0 aliphatic rings. The third kappa shape index (κ3) is 2.09. The summed E-state index contributed by atoms with van der Waals surface area (Å²) in [6, 6.07) is 18.8. The Hall–Kier alpha value is -2.93. The van der Waals surface area contributed by atoms with Gasteiger partial charge in [0.15, 0.2) is 0 Å². The second-order valence-electron chi connectivity index (χ2n) is 3.94. The van der Waals surface area contributed by atoms with Crippen molar-refractivity contribution in [1.82, 2.24) is 10.2 Å². The SMILES string of the molecule is N#Cc1ccccc1-c1nnc(-c2ccccc2)o1. The molecular weight excluding hydrogens is 238 g/mol. The highest BCUT2D eigenvalue weighted by Crippen LogP contribution is 2.25. The third-order valence-corrected chi connectivity index (χ3v) is 2.72. The van der Waals surface area contributed by atoms with Crippen LogP contribution in [0.2, 0.25) is 0 Å². The zero-order valence-electron chi connectivity index (χ0n) is 9.95. The normalized spacial score (nSPS) is 10.1. The number of hydrogen-bond acceptors (Lipinski definition) is 4. The van der Waals surface area contributed by atoms with Gasteiger partial charge in [0.2, 0.25) is 11.8 Å². The van der Waals surface area contributed by atoms with Crippen molar-refractivity contribution in [3.8, 4) is 29.0 Å². The van der Waals surface area contributed by atoms with E-state index in [1.165, 1.54) is 0 Å². The maximum absolute atomic E-state index is 9.06. The number of hydrogen-bond donors (Lipinski definition) is 0. The summed E-state index contributed by atoms with van der Waals surface area (Å²) in [6.45, 7) is 0. The molecule has 0 fully saturated rings. The van der Waals surface area contributed by atoms with Crippen LogP contribution in [0.1, 0.15) is 5.56 Å². The lowest BCUT2D eigenvalue weighted by Crippen LogP contribution is -1.83. The monoisotopic (exact) mass is 247 g/mol. The van der Waals surface area contributed by atoms with E-state index < -0.39 is 0 Å². The first-order chi connectivity index (χ1) is 9.38. The van der Waals surface area contributed by atoms with Gasteiger partial charge in [0.05, 0.1) is 17.2 Å². The van der Waals surface area contributed by atoms with Crippen LogP contribution in [-0.2, 0) is 0 Å². The lowest BCUT2D eigenvalue weighted by molar-refractivity contribution is 0.584. The Bertz CT molecular complexity index is 741. The second-order valence-corrected chi connectivity index (χ2v) is 3.94. The molecule has 0 atom stereocenters. The highest BCUT2D eigenvalue weighted by atomic mass is 16.4. The highest BCUT2D eigenvalue weighted by molar-refractivity contribution is 5.64. The molecule has 1 aromatic heterocycles. The molecule has 4 heteroatoms. The summed E-state index contributed by atoms with van der Waals surface area (Å²) in [4.78, 5) is 0. The summed E-state index contributed by atoms with van der Waals surface area (Å²) in [5, 5.41) is 17.1. The summed E-state index contributed by atoms with van der Waals surface area (Å²) in [7, 11) is 0. The number of nitriles is 1. The van der Waals surface area contributed by atoms with Crippen molar-refractivity contribution in [2.45, 2.75) is 0 Å². The van der Waals surface area contributed by atoms with Gasteiger partial charge in [0.25, 0.3) is 0 Å². The zero-order valence-corrected chi connectivity index (χ0v) is 9.95. The van der Waals surface area contributed by atoms with E-state index in [-0.39, 0.29) is 0 Å². The molecule has 0 spiro atoms. The zero-order chi connectivity index (χ0) is 13.1. The van der Waals surface area contributed by atoms with Crippen LogP contribution in [0, 0.1) is 11.3 Å². The van der Waals surface area contributed by atoms with Gasteiger partial charge in [-0.15, -0.1) is 10.2 Å². The van der Waals surface area contributed by atoms with E-state index >= 15 is 0 Å². The number of benzene rings is 2. The van der Waals surface area contributed by atoms with Crippen LogP contribution in [0.5, 0.6) is 0 Å². The molecule has 3 aromatic rings. The van der Waals surface area contributed by atoms with E-state index in [9.17, 15) is 0 Å². The molecular formula is C15H9N3O. The van der Waals surface area contributed by atoms with Crippen LogP contribution >= 0.6 is 0 Å². The van der Waals surface area contributed by atoms with Crippen molar-refractivity contribution in [1.29, 1.82) is 5.26 Å². The number of rotatable bonds is 2. The first kappa shape index (κ1) is 11.2. The molecule has 2 aromatic carbocycles. The Morgan fingerprint density at radius 3 is 2.32 bits per heavy atom. The first-order valence-corrected chi connectivity index (χ1v) is 5.77. The topological polar surface area (TPSA) is 62.7 Å². The molecule has 0 bridgehead atoms. The van der Waals surface area contributed by atoms with E-state index in [0.717, 1.165) is 5.56 Å². The maximum atomic E-state index is 9.06. The van der Waals surface area contributed by atoms with E-state index in [1.54, 1.807) is 18.2 Å². The van der Waals surface area contributed by atoms with Crippen LogP contribution in [0.15, 0.2) is 59.0 Å². The Morgan fingerprint density at radius 2 is 1.53 bits per heavy atom. The Labute approximate surface area is 110 Å². The lowest BCUT2D eigenvalue weighted by atomic mass is 10.1. The molecule has 0 unspecified atom stereocenters. The molecule has 0 saturated carbocycles. The van der Waals surface area contributed by atoms with E-state index in [2.05, 4.69) is 16.3 Å². The van der Waals surface area contributed by atoms with Crippen LogP contribution < -0.4 is 0 Å². The van der Waals surface area contributed by atoms with Gasteiger partial charge >= 0.3 is 0 Å². The molecule has 4 nitrogen and oxygen atoms in total. The molecule has 19 heavy (non-hydrogen) atoms. The van der Waals surface area contributed by atoms with Crippen molar-refractivity contribution in [3.05, 3.63) is 60.2 Å². The fraction of sp³-hybridized carbons (Fsp3) is 0. The van der Waals surface area contributed by atoms with Crippen molar-refractivity contribution in [3.63, 3.8) is 0 Å². The summed E-state index contributed by atoms with van der Waals surface area (Å²) in [5.41, 5.74) is 2.03. The minimum Gasteiger partial charge on any atom is -0.416 e. The summed E-state index contributed by atoms with van der Waals surface area (Å²) >= 11 is 0. The average Bonchev–Trinajstić information content (AvgIpc) is 2.98. The average molecular weight is 247 g/mol. The van der Waals surface area contributed by atoms with E-state index in [4.69, 9.17) is 9.68 Å². The fourth-order valence-electron chi connectivity index (χ4n) is 1.80. The first-order valence-electron chi connectivity index (χ1n) is 5.77. The van der Waals surface area contributed by atoms with Gasteiger partial charge in [-0.3, -0.25) is 0 Å². The molecule has 0 saturated heterocycles. The molecule has 0 amide bonds. The van der Waals surface area contributed by atoms with Crippen LogP contribution in [0.3, 0.4) is 0 Å². The minimum atomic E-state index is 0.357. The van der Waals surface area contributed by atoms with Crippen molar-refractivity contribution < 1.29 is 4.42 Å². The summed E-state index contributed by atoms with van der Waals surface area (Å²) in [5.74, 6) is 0.805. The Morgan fingerprint density at radius 1 is 0.842 bits per heavy atom. The molecule has 0 radical (unpaired) electrons. The van der Waals surface area contributed by atoms with Crippen LogP contribution in [0.25, 0.3) is 22.9 Å². The number of aromatic nitrogens is 2. The van der Waals surface area contributed by atoms with Gasteiger partial charge in [0, 0.05) is 5.56 Å². The Balaban J connectivity index is 2.05. The molecule has 1 heterocycles. The molecule has 0 N–H and O–H groups in total. The molecule has 3 rings (SSSR count). The predicted molar refractivity (Wildman–Crippen MR) is 69.9 cm³/mol. The smallest absolute Gasteiger partial charge is 0.249 e. The molecule has 0 aliphatic heterocycles. The van der Waals surface area contributed by atoms with Gasteiger partial charge < -0.3 is 4.42 Å². The van der Waals surface area contributed by atoms with Crippen molar-refractivity contribution >= 4 is 0 Å². The molecule has 90 valence electrons. The fourth-order valence-corrected chi connectivity index (χ4v) is 1.80. The Kier molecular flexibility index (Phi) is 2.79.